The van der Waals surface area contributed by atoms with Crippen LogP contribution in [-0.4, -0.2) is 27.0 Å². The lowest BCUT2D eigenvalue weighted by molar-refractivity contribution is 0.0602. The van der Waals surface area contributed by atoms with Gasteiger partial charge in [0, 0.05) is 6.20 Å². The van der Waals surface area contributed by atoms with E-state index in [-0.39, 0.29) is 16.8 Å². The monoisotopic (exact) mass is 372 g/mol. The minimum atomic E-state index is -0.576. The average Bonchev–Trinajstić information content (AvgIpc) is 2.74. The molecular formula is C21H16N4O3. The Hall–Kier alpha value is -4.00. The van der Waals surface area contributed by atoms with Crippen LogP contribution in [0.15, 0.2) is 88.8 Å². The molecule has 2 heterocycles. The average molecular weight is 372 g/mol. The zero-order chi connectivity index (χ0) is 19.5. The fraction of sp³-hybridized carbons (Fsp3) is 0.0476. The number of para-hydroxylation sites is 2. The summed E-state index contributed by atoms with van der Waals surface area (Å²) in [6, 6.07) is 21.5. The Morgan fingerprint density at radius 1 is 0.964 bits per heavy atom. The van der Waals surface area contributed by atoms with Gasteiger partial charge in [0.15, 0.2) is 5.65 Å². The molecule has 0 aliphatic heterocycles. The van der Waals surface area contributed by atoms with Crippen LogP contribution in [-0.2, 0) is 4.74 Å². The molecule has 0 amide bonds. The summed E-state index contributed by atoms with van der Waals surface area (Å²) in [7, 11) is 1.28. The lowest BCUT2D eigenvalue weighted by Crippen LogP contribution is -2.39. The number of pyridine rings is 1. The van der Waals surface area contributed by atoms with Crippen LogP contribution in [0.1, 0.15) is 10.4 Å². The lowest BCUT2D eigenvalue weighted by Gasteiger charge is -2.10. The Kier molecular flexibility index (Phi) is 4.55. The van der Waals surface area contributed by atoms with Crippen LogP contribution in [0.4, 0.5) is 5.69 Å². The highest BCUT2D eigenvalue weighted by Crippen LogP contribution is 2.11. The first-order chi connectivity index (χ1) is 13.7. The molecule has 7 nitrogen and oxygen atoms in total. The van der Waals surface area contributed by atoms with Gasteiger partial charge in [0.2, 0.25) is 5.62 Å². The van der Waals surface area contributed by atoms with Crippen LogP contribution in [0.2, 0.25) is 0 Å². The van der Waals surface area contributed by atoms with E-state index >= 15 is 0 Å². The molecule has 2 aromatic carbocycles. The maximum absolute atomic E-state index is 13.3. The van der Waals surface area contributed by atoms with Crippen molar-refractivity contribution in [2.75, 3.05) is 7.11 Å². The first kappa shape index (κ1) is 17.4. The summed E-state index contributed by atoms with van der Waals surface area (Å²) >= 11 is 0. The molecule has 0 saturated carbocycles. The van der Waals surface area contributed by atoms with Gasteiger partial charge < -0.3 is 4.74 Å². The summed E-state index contributed by atoms with van der Waals surface area (Å²) in [5, 5.41) is 0. The number of methoxy groups -OCH3 is 1. The standard InChI is InChI=1S/C21H16N4O3/c1-28-19(26)17-13-8-14-24-18(17)23-20(22-15-9-4-2-5-10-15)25(21(24)27)16-11-6-3-7-12-16/h2-14H,1H3. The molecule has 0 saturated heterocycles. The predicted molar refractivity (Wildman–Crippen MR) is 104 cm³/mol. The number of hydrogen-bond acceptors (Lipinski definition) is 5. The molecule has 2 aromatic heterocycles. The zero-order valence-electron chi connectivity index (χ0n) is 15.0. The SMILES string of the molecule is COC(=O)c1cccn2c(=O)n(-c3ccccc3)c(=Nc3ccccc3)nc12. The van der Waals surface area contributed by atoms with Crippen LogP contribution >= 0.6 is 0 Å². The summed E-state index contributed by atoms with van der Waals surface area (Å²) in [6.07, 6.45) is 1.56. The second kappa shape index (κ2) is 7.32. The van der Waals surface area contributed by atoms with E-state index < -0.39 is 11.7 Å². The van der Waals surface area contributed by atoms with Gasteiger partial charge in [0.25, 0.3) is 0 Å². The highest BCUT2D eigenvalue weighted by molar-refractivity contribution is 5.95. The third-order valence-corrected chi connectivity index (χ3v) is 4.18. The molecule has 7 heteroatoms. The summed E-state index contributed by atoms with van der Waals surface area (Å²) in [5.74, 6) is -0.576. The largest absolute Gasteiger partial charge is 0.465 e. The zero-order valence-corrected chi connectivity index (χ0v) is 15.0. The molecule has 0 bridgehead atoms. The van der Waals surface area contributed by atoms with E-state index in [9.17, 15) is 9.59 Å². The first-order valence-electron chi connectivity index (χ1n) is 8.57. The molecule has 0 spiro atoms. The Bertz CT molecular complexity index is 1280. The maximum atomic E-state index is 13.3. The molecule has 4 rings (SSSR count). The number of benzene rings is 2. The number of carbonyl (C=O) groups excluding carboxylic acids is 1. The second-order valence-corrected chi connectivity index (χ2v) is 5.92. The summed E-state index contributed by atoms with van der Waals surface area (Å²) in [4.78, 5) is 34.5. The second-order valence-electron chi connectivity index (χ2n) is 5.92. The number of fused-ring (bicyclic) bond motifs is 1. The predicted octanol–water partition coefficient (Wildman–Crippen LogP) is 2.50. The van der Waals surface area contributed by atoms with Gasteiger partial charge in [-0.1, -0.05) is 36.4 Å². The molecule has 0 aliphatic carbocycles. The molecule has 0 fully saturated rings. The van der Waals surface area contributed by atoms with Crippen molar-refractivity contribution in [2.45, 2.75) is 0 Å². The van der Waals surface area contributed by atoms with E-state index in [2.05, 4.69) is 9.98 Å². The van der Waals surface area contributed by atoms with E-state index in [0.717, 1.165) is 0 Å². The highest BCUT2D eigenvalue weighted by atomic mass is 16.5. The fourth-order valence-corrected chi connectivity index (χ4v) is 2.87. The number of ether oxygens (including phenoxy) is 1. The fourth-order valence-electron chi connectivity index (χ4n) is 2.87. The Balaban J connectivity index is 2.14. The van der Waals surface area contributed by atoms with Crippen LogP contribution in [0, 0.1) is 0 Å². The van der Waals surface area contributed by atoms with E-state index in [0.29, 0.717) is 11.4 Å². The van der Waals surface area contributed by atoms with Crippen molar-refractivity contribution in [3.63, 3.8) is 0 Å². The Morgan fingerprint density at radius 2 is 1.64 bits per heavy atom. The van der Waals surface area contributed by atoms with Crippen LogP contribution in [0.5, 0.6) is 0 Å². The molecule has 0 unspecified atom stereocenters. The smallest absolute Gasteiger partial charge is 0.341 e. The molecule has 138 valence electrons. The molecule has 28 heavy (non-hydrogen) atoms. The van der Waals surface area contributed by atoms with Crippen molar-refractivity contribution in [1.29, 1.82) is 0 Å². The summed E-state index contributed by atoms with van der Waals surface area (Å²) in [5.41, 5.74) is 1.40. The van der Waals surface area contributed by atoms with Gasteiger partial charge in [-0.25, -0.2) is 19.1 Å². The number of aromatic nitrogens is 3. The van der Waals surface area contributed by atoms with Crippen molar-refractivity contribution < 1.29 is 9.53 Å². The van der Waals surface area contributed by atoms with Gasteiger partial charge in [0.05, 0.1) is 18.5 Å². The Morgan fingerprint density at radius 3 is 2.32 bits per heavy atom. The number of carbonyl (C=O) groups is 1. The molecule has 0 aliphatic rings. The van der Waals surface area contributed by atoms with E-state index in [1.165, 1.54) is 16.1 Å². The quantitative estimate of drug-likeness (QED) is 0.518. The van der Waals surface area contributed by atoms with Gasteiger partial charge >= 0.3 is 11.7 Å². The van der Waals surface area contributed by atoms with Gasteiger partial charge in [-0.05, 0) is 36.4 Å². The van der Waals surface area contributed by atoms with Crippen molar-refractivity contribution in [3.8, 4) is 5.69 Å². The lowest BCUT2D eigenvalue weighted by atomic mass is 10.2. The molecule has 0 radical (unpaired) electrons. The van der Waals surface area contributed by atoms with E-state index in [1.807, 2.05) is 48.5 Å². The molecule has 0 N–H and O–H groups in total. The third kappa shape index (κ3) is 3.09. The van der Waals surface area contributed by atoms with Crippen molar-refractivity contribution >= 4 is 17.3 Å². The van der Waals surface area contributed by atoms with Crippen LogP contribution < -0.4 is 11.3 Å². The molecule has 4 aromatic rings. The van der Waals surface area contributed by atoms with E-state index in [1.54, 1.807) is 30.5 Å². The van der Waals surface area contributed by atoms with E-state index in [4.69, 9.17) is 4.74 Å². The van der Waals surface area contributed by atoms with Crippen molar-refractivity contribution in [3.05, 3.63) is 101 Å². The number of nitrogens with zero attached hydrogens (tertiary/aromatic N) is 4. The molecule has 0 atom stereocenters. The van der Waals surface area contributed by atoms with Crippen LogP contribution in [0.3, 0.4) is 0 Å². The summed E-state index contributed by atoms with van der Waals surface area (Å²) in [6.45, 7) is 0. The highest BCUT2D eigenvalue weighted by Gasteiger charge is 2.16. The normalized spacial score (nSPS) is 11.5. The van der Waals surface area contributed by atoms with Crippen molar-refractivity contribution in [2.24, 2.45) is 4.99 Å². The first-order valence-corrected chi connectivity index (χ1v) is 8.57. The third-order valence-electron chi connectivity index (χ3n) is 4.18. The molecular weight excluding hydrogens is 356 g/mol. The Labute approximate surface area is 159 Å². The minimum Gasteiger partial charge on any atom is -0.465 e. The topological polar surface area (TPSA) is 78.0 Å². The summed E-state index contributed by atoms with van der Waals surface area (Å²) < 4.78 is 7.54. The van der Waals surface area contributed by atoms with Gasteiger partial charge in [0.1, 0.15) is 5.56 Å². The maximum Gasteiger partial charge on any atom is 0.341 e. The van der Waals surface area contributed by atoms with Gasteiger partial charge in [-0.3, -0.25) is 4.40 Å². The van der Waals surface area contributed by atoms with Gasteiger partial charge in [-0.15, -0.1) is 0 Å². The number of esters is 1. The number of hydrogen-bond donors (Lipinski definition) is 0. The van der Waals surface area contributed by atoms with Crippen LogP contribution in [0.25, 0.3) is 11.3 Å². The van der Waals surface area contributed by atoms with Crippen molar-refractivity contribution in [1.82, 2.24) is 14.0 Å². The van der Waals surface area contributed by atoms with Gasteiger partial charge in [-0.2, -0.15) is 4.98 Å². The number of rotatable bonds is 3. The minimum absolute atomic E-state index is 0.166.